The van der Waals surface area contributed by atoms with E-state index in [9.17, 15) is 5.11 Å². The van der Waals surface area contributed by atoms with Crippen molar-refractivity contribution < 1.29 is 5.11 Å². The van der Waals surface area contributed by atoms with Gasteiger partial charge in [-0.1, -0.05) is 6.07 Å². The first-order valence-electron chi connectivity index (χ1n) is 3.82. The molecule has 1 N–H and O–H groups in total. The predicted octanol–water partition coefficient (Wildman–Crippen LogP) is 1.61. The van der Waals surface area contributed by atoms with Gasteiger partial charge in [0.1, 0.15) is 0 Å². The molecule has 1 rings (SSSR count). The molecule has 0 bridgehead atoms. The second-order valence-electron chi connectivity index (χ2n) is 3.13. The van der Waals surface area contributed by atoms with Crippen LogP contribution >= 0.6 is 11.6 Å². The summed E-state index contributed by atoms with van der Waals surface area (Å²) in [5.74, 6) is 0.226. The van der Waals surface area contributed by atoms with Gasteiger partial charge in [-0.3, -0.25) is 4.98 Å². The molecule has 1 aromatic rings. The molecule has 1 heterocycles. The molecule has 1 aromatic heterocycles. The predicted molar refractivity (Wildman–Crippen MR) is 49.3 cm³/mol. The largest absolute Gasteiger partial charge is 0.389 e. The fourth-order valence-corrected chi connectivity index (χ4v) is 1.03. The average Bonchev–Trinajstić information content (AvgIpc) is 2.06. The highest BCUT2D eigenvalue weighted by molar-refractivity contribution is 6.18. The first-order valence-corrected chi connectivity index (χ1v) is 4.36. The number of hydrogen-bond acceptors (Lipinski definition) is 2. The summed E-state index contributed by atoms with van der Waals surface area (Å²) in [5.41, 5.74) is 0.0127. The van der Waals surface area contributed by atoms with Crippen LogP contribution in [0, 0.1) is 0 Å². The van der Waals surface area contributed by atoms with Crippen LogP contribution in [0.15, 0.2) is 24.4 Å². The van der Waals surface area contributed by atoms with E-state index in [-0.39, 0.29) is 5.88 Å². The summed E-state index contributed by atoms with van der Waals surface area (Å²) in [6.45, 7) is 1.70. The number of nitrogens with zero attached hydrogens (tertiary/aromatic N) is 1. The van der Waals surface area contributed by atoms with Crippen molar-refractivity contribution in [1.82, 2.24) is 4.98 Å². The number of alkyl halides is 1. The summed E-state index contributed by atoms with van der Waals surface area (Å²) in [5, 5.41) is 9.60. The number of hydrogen-bond donors (Lipinski definition) is 1. The smallest absolute Gasteiger partial charge is 0.0809 e. The molecule has 0 radical (unpaired) electrons. The molecule has 0 aliphatic heterocycles. The Morgan fingerprint density at radius 2 is 2.33 bits per heavy atom. The van der Waals surface area contributed by atoms with Crippen molar-refractivity contribution in [3.8, 4) is 0 Å². The quantitative estimate of drug-likeness (QED) is 0.726. The first-order chi connectivity index (χ1) is 5.64. The molecule has 0 saturated heterocycles. The SMILES string of the molecule is CC(O)(CCl)Cc1ccccn1. The zero-order valence-corrected chi connectivity index (χ0v) is 7.75. The molecule has 0 amide bonds. The van der Waals surface area contributed by atoms with Crippen LogP contribution in [0.25, 0.3) is 0 Å². The van der Waals surface area contributed by atoms with Gasteiger partial charge in [-0.15, -0.1) is 11.6 Å². The van der Waals surface area contributed by atoms with Gasteiger partial charge in [0.15, 0.2) is 0 Å². The molecule has 12 heavy (non-hydrogen) atoms. The minimum absolute atomic E-state index is 0.226. The maximum absolute atomic E-state index is 9.60. The van der Waals surface area contributed by atoms with E-state index in [2.05, 4.69) is 4.98 Å². The third kappa shape index (κ3) is 2.80. The molecule has 2 nitrogen and oxygen atoms in total. The van der Waals surface area contributed by atoms with E-state index in [4.69, 9.17) is 11.6 Å². The highest BCUT2D eigenvalue weighted by atomic mass is 35.5. The highest BCUT2D eigenvalue weighted by Gasteiger charge is 2.19. The molecule has 0 fully saturated rings. The number of halogens is 1. The average molecular weight is 186 g/mol. The molecule has 1 atom stereocenters. The Bertz CT molecular complexity index is 236. The molecule has 0 aliphatic rings. The number of pyridine rings is 1. The van der Waals surface area contributed by atoms with Crippen LogP contribution < -0.4 is 0 Å². The third-order valence-corrected chi connectivity index (χ3v) is 2.15. The lowest BCUT2D eigenvalue weighted by Crippen LogP contribution is -2.29. The van der Waals surface area contributed by atoms with Crippen LogP contribution in [0.3, 0.4) is 0 Å². The van der Waals surface area contributed by atoms with Crippen molar-refractivity contribution in [3.05, 3.63) is 30.1 Å². The van der Waals surface area contributed by atoms with Crippen molar-refractivity contribution in [2.24, 2.45) is 0 Å². The summed E-state index contributed by atoms with van der Waals surface area (Å²) in [7, 11) is 0. The Morgan fingerprint density at radius 1 is 1.58 bits per heavy atom. The summed E-state index contributed by atoms with van der Waals surface area (Å²) in [4.78, 5) is 4.09. The summed E-state index contributed by atoms with van der Waals surface area (Å²) in [6.07, 6.45) is 2.21. The van der Waals surface area contributed by atoms with Crippen LogP contribution in [0.2, 0.25) is 0 Å². The first kappa shape index (κ1) is 9.49. The Labute approximate surface area is 77.2 Å². The topological polar surface area (TPSA) is 33.1 Å². The maximum Gasteiger partial charge on any atom is 0.0809 e. The van der Waals surface area contributed by atoms with E-state index >= 15 is 0 Å². The van der Waals surface area contributed by atoms with Gasteiger partial charge < -0.3 is 5.11 Å². The van der Waals surface area contributed by atoms with Crippen molar-refractivity contribution in [2.45, 2.75) is 18.9 Å². The van der Waals surface area contributed by atoms with E-state index < -0.39 is 5.60 Å². The van der Waals surface area contributed by atoms with E-state index in [1.807, 2.05) is 18.2 Å². The van der Waals surface area contributed by atoms with E-state index in [1.165, 1.54) is 0 Å². The summed E-state index contributed by atoms with van der Waals surface area (Å²) >= 11 is 5.57. The second-order valence-corrected chi connectivity index (χ2v) is 3.40. The van der Waals surface area contributed by atoms with Crippen molar-refractivity contribution in [1.29, 1.82) is 0 Å². The number of aliphatic hydroxyl groups is 1. The Hall–Kier alpha value is -0.600. The zero-order valence-electron chi connectivity index (χ0n) is 7.00. The minimum atomic E-state index is -0.851. The van der Waals surface area contributed by atoms with Crippen molar-refractivity contribution >= 4 is 11.6 Å². The highest BCUT2D eigenvalue weighted by Crippen LogP contribution is 2.12. The van der Waals surface area contributed by atoms with E-state index in [0.717, 1.165) is 5.69 Å². The van der Waals surface area contributed by atoms with Gasteiger partial charge in [0.05, 0.1) is 11.5 Å². The molecule has 3 heteroatoms. The van der Waals surface area contributed by atoms with E-state index in [1.54, 1.807) is 13.1 Å². The molecule has 66 valence electrons. The lowest BCUT2D eigenvalue weighted by Gasteiger charge is -2.18. The van der Waals surface area contributed by atoms with Crippen molar-refractivity contribution in [3.63, 3.8) is 0 Å². The third-order valence-electron chi connectivity index (χ3n) is 1.58. The molecular weight excluding hydrogens is 174 g/mol. The van der Waals surface area contributed by atoms with Gasteiger partial charge in [0.25, 0.3) is 0 Å². The van der Waals surface area contributed by atoms with Gasteiger partial charge in [-0.05, 0) is 19.1 Å². The fourth-order valence-electron chi connectivity index (χ4n) is 0.940. The second kappa shape index (κ2) is 3.87. The zero-order chi connectivity index (χ0) is 9.03. The normalized spacial score (nSPS) is 15.6. The molecule has 0 saturated carbocycles. The lowest BCUT2D eigenvalue weighted by atomic mass is 10.0. The molecule has 0 aliphatic carbocycles. The van der Waals surface area contributed by atoms with Crippen LogP contribution in [-0.2, 0) is 6.42 Å². The summed E-state index contributed by atoms with van der Waals surface area (Å²) < 4.78 is 0. The van der Waals surface area contributed by atoms with Gasteiger partial charge in [0.2, 0.25) is 0 Å². The Kier molecular flexibility index (Phi) is 3.06. The number of rotatable bonds is 3. The van der Waals surface area contributed by atoms with Gasteiger partial charge in [-0.25, -0.2) is 0 Å². The Balaban J connectivity index is 2.64. The standard InChI is InChI=1S/C9H12ClNO/c1-9(12,7-10)6-8-4-2-3-5-11-8/h2-5,12H,6-7H2,1H3. The molecule has 0 aromatic carbocycles. The number of aromatic nitrogens is 1. The maximum atomic E-state index is 9.60. The van der Waals surface area contributed by atoms with Crippen LogP contribution in [0.1, 0.15) is 12.6 Å². The van der Waals surface area contributed by atoms with Gasteiger partial charge in [-0.2, -0.15) is 0 Å². The summed E-state index contributed by atoms with van der Waals surface area (Å²) in [6, 6.07) is 5.62. The van der Waals surface area contributed by atoms with Crippen molar-refractivity contribution in [2.75, 3.05) is 5.88 Å². The van der Waals surface area contributed by atoms with Crippen LogP contribution in [-0.4, -0.2) is 21.6 Å². The Morgan fingerprint density at radius 3 is 2.83 bits per heavy atom. The van der Waals surface area contributed by atoms with Gasteiger partial charge >= 0.3 is 0 Å². The minimum Gasteiger partial charge on any atom is -0.389 e. The molecular formula is C9H12ClNO. The van der Waals surface area contributed by atoms with Gasteiger partial charge in [0, 0.05) is 18.3 Å². The fraction of sp³-hybridized carbons (Fsp3) is 0.444. The molecule has 1 unspecified atom stereocenters. The monoisotopic (exact) mass is 185 g/mol. The van der Waals surface area contributed by atoms with E-state index in [0.29, 0.717) is 6.42 Å². The lowest BCUT2D eigenvalue weighted by molar-refractivity contribution is 0.0836. The van der Waals surface area contributed by atoms with Crippen LogP contribution in [0.5, 0.6) is 0 Å². The van der Waals surface area contributed by atoms with Crippen LogP contribution in [0.4, 0.5) is 0 Å². The molecule has 0 spiro atoms.